The van der Waals surface area contributed by atoms with Crippen molar-refractivity contribution in [3.63, 3.8) is 0 Å². The molecule has 0 aromatic carbocycles. The summed E-state index contributed by atoms with van der Waals surface area (Å²) in [6.07, 6.45) is 5.76. The van der Waals surface area contributed by atoms with Crippen LogP contribution in [-0.4, -0.2) is 17.1 Å². The van der Waals surface area contributed by atoms with E-state index in [1.807, 2.05) is 6.08 Å². The Labute approximate surface area is 73.4 Å². The van der Waals surface area contributed by atoms with Crippen molar-refractivity contribution in [2.45, 2.75) is 33.1 Å². The van der Waals surface area contributed by atoms with Gasteiger partial charge < -0.3 is 4.43 Å². The second-order valence-electron chi connectivity index (χ2n) is 3.39. The van der Waals surface area contributed by atoms with Crippen LogP contribution in [0.1, 0.15) is 33.1 Å². The van der Waals surface area contributed by atoms with Crippen LogP contribution in [0.3, 0.4) is 0 Å². The minimum atomic E-state index is 0.220. The first-order valence-electron chi connectivity index (χ1n) is 4.31. The van der Waals surface area contributed by atoms with Gasteiger partial charge in [0.15, 0.2) is 0 Å². The van der Waals surface area contributed by atoms with Crippen molar-refractivity contribution >= 4 is 10.5 Å². The summed E-state index contributed by atoms with van der Waals surface area (Å²) in [5.74, 6) is 0. The zero-order valence-corrected chi connectivity index (χ0v) is 10.0. The van der Waals surface area contributed by atoms with E-state index in [0.29, 0.717) is 0 Å². The minimum absolute atomic E-state index is 0.220. The lowest BCUT2D eigenvalue weighted by atomic mass is 9.86. The number of unbranched alkanes of at least 4 members (excludes halogenated alkanes) is 1. The van der Waals surface area contributed by atoms with E-state index in [2.05, 4.69) is 20.4 Å². The Morgan fingerprint density at radius 3 is 2.64 bits per heavy atom. The molecule has 0 saturated heterocycles. The summed E-state index contributed by atoms with van der Waals surface area (Å²) in [5.41, 5.74) is 0.220. The van der Waals surface area contributed by atoms with Crippen molar-refractivity contribution in [1.29, 1.82) is 0 Å². The predicted molar refractivity (Wildman–Crippen MR) is 53.7 cm³/mol. The summed E-state index contributed by atoms with van der Waals surface area (Å²) in [6.45, 7) is 9.12. The lowest BCUT2D eigenvalue weighted by Gasteiger charge is -2.24. The van der Waals surface area contributed by atoms with Gasteiger partial charge in [-0.1, -0.05) is 32.8 Å². The summed E-state index contributed by atoms with van der Waals surface area (Å²) in [5, 5.41) is 0. The first-order chi connectivity index (χ1) is 5.18. The molecule has 0 aliphatic heterocycles. The monoisotopic (exact) mass is 172 g/mol. The van der Waals surface area contributed by atoms with Gasteiger partial charge in [-0.05, 0) is 6.42 Å². The lowest BCUT2D eigenvalue weighted by Crippen LogP contribution is -2.19. The van der Waals surface area contributed by atoms with Crippen molar-refractivity contribution < 1.29 is 4.43 Å². The first-order valence-corrected chi connectivity index (χ1v) is 5.12. The average molecular weight is 172 g/mol. The molecule has 0 heterocycles. The van der Waals surface area contributed by atoms with Crippen molar-refractivity contribution in [3.05, 3.63) is 12.7 Å². The van der Waals surface area contributed by atoms with E-state index in [-0.39, 0.29) is 5.41 Å². The van der Waals surface area contributed by atoms with Crippen LogP contribution in [0.25, 0.3) is 0 Å². The molecule has 66 valence electrons. The molecule has 1 nitrogen and oxygen atoms in total. The van der Waals surface area contributed by atoms with E-state index >= 15 is 0 Å². The number of hydrogen-bond acceptors (Lipinski definition) is 1. The Morgan fingerprint density at radius 1 is 1.64 bits per heavy atom. The third-order valence-electron chi connectivity index (χ3n) is 2.07. The SMILES string of the molecule is C=CC(C)(CCCC)CO[SiH3]. The fourth-order valence-corrected chi connectivity index (χ4v) is 1.80. The molecular formula is C9H20OSi. The van der Waals surface area contributed by atoms with Crippen molar-refractivity contribution in [2.75, 3.05) is 6.61 Å². The largest absolute Gasteiger partial charge is 0.427 e. The van der Waals surface area contributed by atoms with E-state index < -0.39 is 0 Å². The molecular weight excluding hydrogens is 152 g/mol. The highest BCUT2D eigenvalue weighted by molar-refractivity contribution is 5.97. The predicted octanol–water partition coefficient (Wildman–Crippen LogP) is 1.67. The molecule has 1 atom stereocenters. The Bertz CT molecular complexity index is 114. The van der Waals surface area contributed by atoms with E-state index in [1.54, 1.807) is 0 Å². The minimum Gasteiger partial charge on any atom is -0.427 e. The highest BCUT2D eigenvalue weighted by Gasteiger charge is 2.18. The third-order valence-corrected chi connectivity index (χ3v) is 2.36. The molecule has 0 aromatic heterocycles. The lowest BCUT2D eigenvalue weighted by molar-refractivity contribution is 0.207. The van der Waals surface area contributed by atoms with Crippen molar-refractivity contribution in [2.24, 2.45) is 5.41 Å². The van der Waals surface area contributed by atoms with Gasteiger partial charge in [-0.25, -0.2) is 0 Å². The molecule has 0 aromatic rings. The maximum Gasteiger partial charge on any atom is 0.146 e. The van der Waals surface area contributed by atoms with Gasteiger partial charge in [0.1, 0.15) is 10.5 Å². The maximum absolute atomic E-state index is 5.26. The number of hydrogen-bond donors (Lipinski definition) is 0. The molecule has 0 spiro atoms. The highest BCUT2D eigenvalue weighted by atomic mass is 28.2. The van der Waals surface area contributed by atoms with Gasteiger partial charge in [0.05, 0.1) is 0 Å². The van der Waals surface area contributed by atoms with Crippen LogP contribution in [0.4, 0.5) is 0 Å². The summed E-state index contributed by atoms with van der Waals surface area (Å²) in [4.78, 5) is 0. The van der Waals surface area contributed by atoms with Gasteiger partial charge in [0.25, 0.3) is 0 Å². The Balaban J connectivity index is 3.77. The second-order valence-corrected chi connectivity index (χ2v) is 3.97. The molecule has 0 saturated carbocycles. The van der Waals surface area contributed by atoms with Crippen LogP contribution >= 0.6 is 0 Å². The normalized spacial score (nSPS) is 16.2. The molecule has 0 radical (unpaired) electrons. The van der Waals surface area contributed by atoms with E-state index in [0.717, 1.165) is 17.1 Å². The molecule has 11 heavy (non-hydrogen) atoms. The topological polar surface area (TPSA) is 9.23 Å². The van der Waals surface area contributed by atoms with Crippen LogP contribution in [0.5, 0.6) is 0 Å². The second kappa shape index (κ2) is 5.55. The van der Waals surface area contributed by atoms with E-state index in [4.69, 9.17) is 4.43 Å². The quantitative estimate of drug-likeness (QED) is 0.437. The van der Waals surface area contributed by atoms with Gasteiger partial charge >= 0.3 is 0 Å². The fraction of sp³-hybridized carbons (Fsp3) is 0.778. The standard InChI is InChI=1S/C9H20OSi/c1-4-6-7-9(3,5-2)8-10-11/h5H,2,4,6-8H2,1,3,11H3. The zero-order valence-electron chi connectivity index (χ0n) is 8.02. The van der Waals surface area contributed by atoms with Gasteiger partial charge in [0.2, 0.25) is 0 Å². The van der Waals surface area contributed by atoms with Crippen LogP contribution in [-0.2, 0) is 4.43 Å². The Morgan fingerprint density at radius 2 is 2.27 bits per heavy atom. The Hall–Kier alpha value is -0.0831. The molecule has 0 rings (SSSR count). The van der Waals surface area contributed by atoms with Crippen molar-refractivity contribution in [3.8, 4) is 0 Å². The van der Waals surface area contributed by atoms with Crippen LogP contribution in [0.2, 0.25) is 0 Å². The molecule has 0 aliphatic carbocycles. The fourth-order valence-electron chi connectivity index (χ4n) is 1.14. The molecule has 1 unspecified atom stereocenters. The summed E-state index contributed by atoms with van der Waals surface area (Å²) in [6, 6.07) is 0. The van der Waals surface area contributed by atoms with Gasteiger partial charge in [-0.3, -0.25) is 0 Å². The smallest absolute Gasteiger partial charge is 0.146 e. The van der Waals surface area contributed by atoms with Crippen LogP contribution in [0.15, 0.2) is 12.7 Å². The van der Waals surface area contributed by atoms with E-state index in [9.17, 15) is 0 Å². The first kappa shape index (κ1) is 10.9. The summed E-state index contributed by atoms with van der Waals surface area (Å²) >= 11 is 0. The maximum atomic E-state index is 5.26. The summed E-state index contributed by atoms with van der Waals surface area (Å²) in [7, 11) is 0.835. The van der Waals surface area contributed by atoms with Gasteiger partial charge in [-0.2, -0.15) is 0 Å². The third kappa shape index (κ3) is 4.38. The zero-order chi connectivity index (χ0) is 8.74. The molecule has 0 N–H and O–H groups in total. The highest BCUT2D eigenvalue weighted by Crippen LogP contribution is 2.25. The molecule has 0 bridgehead atoms. The van der Waals surface area contributed by atoms with Gasteiger partial charge in [-0.15, -0.1) is 6.58 Å². The van der Waals surface area contributed by atoms with Crippen LogP contribution in [0, 0.1) is 5.41 Å². The summed E-state index contributed by atoms with van der Waals surface area (Å²) < 4.78 is 5.26. The van der Waals surface area contributed by atoms with Crippen molar-refractivity contribution in [1.82, 2.24) is 0 Å². The molecule has 0 aliphatic rings. The number of rotatable bonds is 6. The average Bonchev–Trinajstić information content (AvgIpc) is 2.02. The van der Waals surface area contributed by atoms with E-state index in [1.165, 1.54) is 19.3 Å². The molecule has 2 heteroatoms. The molecule has 0 amide bonds. The molecule has 0 fully saturated rings. The Kier molecular flexibility index (Phi) is 5.51. The van der Waals surface area contributed by atoms with Crippen LogP contribution < -0.4 is 0 Å². The van der Waals surface area contributed by atoms with Gasteiger partial charge in [0, 0.05) is 12.0 Å².